The van der Waals surface area contributed by atoms with Gasteiger partial charge in [-0.3, -0.25) is 0 Å². The molecule has 1 heterocycles. The Balaban J connectivity index is 1.79. The van der Waals surface area contributed by atoms with E-state index in [1.54, 1.807) is 11.3 Å². The maximum absolute atomic E-state index is 5.98. The van der Waals surface area contributed by atoms with Crippen LogP contribution in [0.4, 0.5) is 0 Å². The molecule has 0 amide bonds. The lowest BCUT2D eigenvalue weighted by Gasteiger charge is -2.26. The van der Waals surface area contributed by atoms with E-state index >= 15 is 0 Å². The first-order valence-electron chi connectivity index (χ1n) is 7.35. The van der Waals surface area contributed by atoms with Gasteiger partial charge in [0, 0.05) is 24.0 Å². The van der Waals surface area contributed by atoms with Crippen LogP contribution in [0.2, 0.25) is 4.34 Å². The molecule has 1 N–H and O–H groups in total. The second-order valence-corrected chi connectivity index (χ2v) is 7.45. The van der Waals surface area contributed by atoms with Gasteiger partial charge in [0.05, 0.1) is 4.34 Å². The Bertz CT molecular complexity index is 380. The van der Waals surface area contributed by atoms with Crippen LogP contribution in [0.5, 0.6) is 0 Å². The summed E-state index contributed by atoms with van der Waals surface area (Å²) in [6.45, 7) is 5.61. The molecule has 2 nitrogen and oxygen atoms in total. The normalized spacial score (nSPS) is 23.4. The number of hydrogen-bond donors (Lipinski definition) is 1. The van der Waals surface area contributed by atoms with E-state index in [0.29, 0.717) is 0 Å². The molecule has 0 radical (unpaired) electrons. The molecule has 1 aromatic rings. The summed E-state index contributed by atoms with van der Waals surface area (Å²) in [4.78, 5) is 3.81. The molecule has 1 aliphatic rings. The summed E-state index contributed by atoms with van der Waals surface area (Å²) >= 11 is 7.68. The number of nitrogens with zero attached hydrogens (tertiary/aromatic N) is 1. The maximum Gasteiger partial charge on any atom is 0.0931 e. The van der Waals surface area contributed by atoms with E-state index in [1.807, 2.05) is 6.07 Å². The molecule has 0 spiro atoms. The van der Waals surface area contributed by atoms with Crippen molar-refractivity contribution in [2.45, 2.75) is 45.2 Å². The first-order valence-corrected chi connectivity index (χ1v) is 8.54. The molecule has 0 saturated heterocycles. The van der Waals surface area contributed by atoms with Gasteiger partial charge in [0.1, 0.15) is 0 Å². The van der Waals surface area contributed by atoms with Gasteiger partial charge in [-0.2, -0.15) is 0 Å². The van der Waals surface area contributed by atoms with E-state index in [-0.39, 0.29) is 0 Å². The first kappa shape index (κ1) is 15.3. The monoisotopic (exact) mass is 300 g/mol. The molecule has 1 aromatic heterocycles. The Morgan fingerprint density at radius 1 is 1.42 bits per heavy atom. The zero-order chi connectivity index (χ0) is 13.7. The number of hydrogen-bond acceptors (Lipinski definition) is 3. The van der Waals surface area contributed by atoms with E-state index in [1.165, 1.54) is 37.1 Å². The minimum absolute atomic E-state index is 0.731. The number of rotatable bonds is 7. The lowest BCUT2D eigenvalue weighted by molar-refractivity contribution is 0.246. The van der Waals surface area contributed by atoms with E-state index in [4.69, 9.17) is 11.6 Å². The lowest BCUT2D eigenvalue weighted by atomic mass is 10.0. The number of nitrogens with one attached hydrogen (secondary N) is 1. The molecule has 2 unspecified atom stereocenters. The molecular formula is C15H25ClN2S. The largest absolute Gasteiger partial charge is 0.314 e. The first-order chi connectivity index (χ1) is 9.19. The molecule has 2 atom stereocenters. The van der Waals surface area contributed by atoms with Crippen LogP contribution in [-0.2, 0) is 6.54 Å². The molecular weight excluding hydrogens is 276 g/mol. The van der Waals surface area contributed by atoms with Gasteiger partial charge in [0.25, 0.3) is 0 Å². The predicted octanol–water partition coefficient (Wildman–Crippen LogP) is 4.00. The molecule has 0 aromatic carbocycles. The third-order valence-corrected chi connectivity index (χ3v) is 5.13. The highest BCUT2D eigenvalue weighted by atomic mass is 35.5. The fourth-order valence-corrected chi connectivity index (χ4v) is 4.19. The molecule has 1 aliphatic carbocycles. The van der Waals surface area contributed by atoms with Crippen molar-refractivity contribution in [1.29, 1.82) is 0 Å². The smallest absolute Gasteiger partial charge is 0.0931 e. The zero-order valence-electron chi connectivity index (χ0n) is 12.0. The molecule has 108 valence electrons. The van der Waals surface area contributed by atoms with Crippen molar-refractivity contribution in [1.82, 2.24) is 10.2 Å². The molecule has 1 fully saturated rings. The van der Waals surface area contributed by atoms with Crippen LogP contribution < -0.4 is 5.32 Å². The quantitative estimate of drug-likeness (QED) is 0.819. The molecule has 4 heteroatoms. The summed E-state index contributed by atoms with van der Waals surface area (Å²) < 4.78 is 0.895. The second kappa shape index (κ2) is 7.63. The summed E-state index contributed by atoms with van der Waals surface area (Å²) in [6.07, 6.45) is 5.33. The van der Waals surface area contributed by atoms with Crippen LogP contribution in [0.25, 0.3) is 0 Å². The van der Waals surface area contributed by atoms with Crippen LogP contribution in [-0.4, -0.2) is 31.1 Å². The highest BCUT2D eigenvalue weighted by molar-refractivity contribution is 7.16. The molecule has 0 bridgehead atoms. The Kier molecular flexibility index (Phi) is 6.14. The molecule has 2 rings (SSSR count). The Labute approximate surface area is 126 Å². The van der Waals surface area contributed by atoms with Gasteiger partial charge < -0.3 is 10.2 Å². The third-order valence-electron chi connectivity index (χ3n) is 3.92. The second-order valence-electron chi connectivity index (χ2n) is 5.65. The Morgan fingerprint density at radius 3 is 2.95 bits per heavy atom. The minimum atomic E-state index is 0.731. The molecule has 1 saturated carbocycles. The summed E-state index contributed by atoms with van der Waals surface area (Å²) in [7, 11) is 2.23. The average molecular weight is 301 g/mol. The third kappa shape index (κ3) is 4.75. The molecule has 19 heavy (non-hydrogen) atoms. The summed E-state index contributed by atoms with van der Waals surface area (Å²) in [5.74, 6) is 0.812. The van der Waals surface area contributed by atoms with Crippen molar-refractivity contribution in [3.63, 3.8) is 0 Å². The van der Waals surface area contributed by atoms with Crippen molar-refractivity contribution in [2.24, 2.45) is 5.92 Å². The topological polar surface area (TPSA) is 15.3 Å². The maximum atomic E-state index is 5.98. The van der Waals surface area contributed by atoms with Gasteiger partial charge in [-0.05, 0) is 50.9 Å². The summed E-state index contributed by atoms with van der Waals surface area (Å²) in [6, 6.07) is 4.87. The van der Waals surface area contributed by atoms with Crippen LogP contribution in [0.1, 0.15) is 37.5 Å². The van der Waals surface area contributed by atoms with Crippen LogP contribution in [0.15, 0.2) is 12.1 Å². The van der Waals surface area contributed by atoms with Crippen LogP contribution >= 0.6 is 22.9 Å². The Hall–Kier alpha value is -0.0900. The van der Waals surface area contributed by atoms with E-state index < -0.39 is 0 Å². The van der Waals surface area contributed by atoms with Gasteiger partial charge in [-0.25, -0.2) is 0 Å². The minimum Gasteiger partial charge on any atom is -0.314 e. The Morgan fingerprint density at radius 2 is 2.26 bits per heavy atom. The van der Waals surface area contributed by atoms with Crippen LogP contribution in [0.3, 0.4) is 0 Å². The van der Waals surface area contributed by atoms with Gasteiger partial charge in [0.2, 0.25) is 0 Å². The van der Waals surface area contributed by atoms with E-state index in [9.17, 15) is 0 Å². The fourth-order valence-electron chi connectivity index (χ4n) is 3.02. The van der Waals surface area contributed by atoms with Crippen molar-refractivity contribution < 1.29 is 0 Å². The van der Waals surface area contributed by atoms with Gasteiger partial charge >= 0.3 is 0 Å². The number of thiophene rings is 1. The molecule has 0 aliphatic heterocycles. The van der Waals surface area contributed by atoms with Gasteiger partial charge in [-0.1, -0.05) is 24.9 Å². The van der Waals surface area contributed by atoms with E-state index in [2.05, 4.69) is 30.3 Å². The standard InChI is InChI=1S/C15H25ClN2S/c1-3-9-17-14-6-4-5-12(14)10-18(2)11-13-7-8-15(16)19-13/h7-8,12,14,17H,3-6,9-11H2,1-2H3. The van der Waals surface area contributed by atoms with Crippen molar-refractivity contribution in [2.75, 3.05) is 20.1 Å². The van der Waals surface area contributed by atoms with Gasteiger partial charge in [-0.15, -0.1) is 11.3 Å². The summed E-state index contributed by atoms with van der Waals surface area (Å²) in [5.41, 5.74) is 0. The van der Waals surface area contributed by atoms with Crippen molar-refractivity contribution in [3.8, 4) is 0 Å². The van der Waals surface area contributed by atoms with Crippen molar-refractivity contribution >= 4 is 22.9 Å². The van der Waals surface area contributed by atoms with Gasteiger partial charge in [0.15, 0.2) is 0 Å². The van der Waals surface area contributed by atoms with Crippen molar-refractivity contribution in [3.05, 3.63) is 21.3 Å². The van der Waals surface area contributed by atoms with E-state index in [0.717, 1.165) is 29.4 Å². The number of halogens is 1. The average Bonchev–Trinajstić information content (AvgIpc) is 2.96. The zero-order valence-corrected chi connectivity index (χ0v) is 13.6. The summed E-state index contributed by atoms with van der Waals surface area (Å²) in [5, 5.41) is 3.71. The highest BCUT2D eigenvalue weighted by Crippen LogP contribution is 2.27. The fraction of sp³-hybridized carbons (Fsp3) is 0.733. The highest BCUT2D eigenvalue weighted by Gasteiger charge is 2.27. The predicted molar refractivity (Wildman–Crippen MR) is 85.1 cm³/mol. The van der Waals surface area contributed by atoms with Crippen LogP contribution in [0, 0.1) is 5.92 Å². The SMILES string of the molecule is CCCNC1CCCC1CN(C)Cc1ccc(Cl)s1. The lowest BCUT2D eigenvalue weighted by Crippen LogP contribution is -2.38.